The predicted molar refractivity (Wildman–Crippen MR) is 222 cm³/mol. The van der Waals surface area contributed by atoms with Crippen LogP contribution in [-0.4, -0.2) is 61.5 Å². The van der Waals surface area contributed by atoms with E-state index in [9.17, 15) is 19.2 Å². The Morgan fingerprint density at radius 2 is 1.10 bits per heavy atom. The highest BCUT2D eigenvalue weighted by atomic mass is 127. The number of carbonyl (C=O) groups excluding carboxylic acids is 4. The molecule has 2 aliphatic rings. The summed E-state index contributed by atoms with van der Waals surface area (Å²) in [4.78, 5) is 45.5. The van der Waals surface area contributed by atoms with Crippen molar-refractivity contribution in [1.29, 1.82) is 0 Å². The van der Waals surface area contributed by atoms with Crippen LogP contribution in [0.4, 0.5) is 0 Å². The van der Waals surface area contributed by atoms with E-state index in [0.29, 0.717) is 0 Å². The minimum Gasteiger partial charge on any atom is -0.463 e. The van der Waals surface area contributed by atoms with Crippen LogP contribution in [0, 0.1) is 23.7 Å². The zero-order valence-electron chi connectivity index (χ0n) is 31.1. The van der Waals surface area contributed by atoms with Crippen molar-refractivity contribution in [1.82, 2.24) is 0 Å². The SMILES string of the molecule is C=CCc1cccc([C@H]2O[C@H](COC(C)=O)[C@@H](C)[C@H](C)[C@@H]2OC(C)=O)c1.CC(=O)OC[C@H]1O[C@H](c2cccc(Br)c2)[C@@H](OC(C)=O)[C@@H](C)[C@@H]1C.I.I. The maximum Gasteiger partial charge on any atom is 0.303 e. The Labute approximate surface area is 350 Å². The van der Waals surface area contributed by atoms with Crippen LogP contribution in [0.15, 0.2) is 65.7 Å². The van der Waals surface area contributed by atoms with Gasteiger partial charge in [0.05, 0.1) is 12.2 Å². The van der Waals surface area contributed by atoms with Crippen LogP contribution in [-0.2, 0) is 54.0 Å². The lowest BCUT2D eigenvalue weighted by Crippen LogP contribution is -2.48. The molecule has 52 heavy (non-hydrogen) atoms. The summed E-state index contributed by atoms with van der Waals surface area (Å²) in [5, 5.41) is 0. The minimum atomic E-state index is -0.407. The zero-order chi connectivity index (χ0) is 37.1. The molecule has 0 radical (unpaired) electrons. The summed E-state index contributed by atoms with van der Waals surface area (Å²) in [5.74, 6) is -1.05. The van der Waals surface area contributed by atoms with E-state index in [2.05, 4.69) is 28.6 Å². The summed E-state index contributed by atoms with van der Waals surface area (Å²) in [7, 11) is 0. The van der Waals surface area contributed by atoms with Crippen molar-refractivity contribution < 1.29 is 47.6 Å². The van der Waals surface area contributed by atoms with Gasteiger partial charge in [-0.2, -0.15) is 0 Å². The first-order valence-corrected chi connectivity index (χ1v) is 17.8. The molecule has 0 amide bonds. The highest BCUT2D eigenvalue weighted by Crippen LogP contribution is 2.42. The Bertz CT molecular complexity index is 1480. The van der Waals surface area contributed by atoms with E-state index in [4.69, 9.17) is 28.4 Å². The fourth-order valence-electron chi connectivity index (χ4n) is 6.39. The van der Waals surface area contributed by atoms with Gasteiger partial charge in [-0.1, -0.05) is 86.1 Å². The fourth-order valence-corrected chi connectivity index (χ4v) is 6.81. The van der Waals surface area contributed by atoms with E-state index in [0.717, 1.165) is 27.6 Å². The number of rotatable bonds is 10. The molecule has 2 saturated heterocycles. The van der Waals surface area contributed by atoms with Crippen molar-refractivity contribution in [2.24, 2.45) is 23.7 Å². The normalized spacial score (nSPS) is 27.9. The topological polar surface area (TPSA) is 124 Å². The number of carbonyl (C=O) groups is 4. The molecule has 0 spiro atoms. The summed E-state index contributed by atoms with van der Waals surface area (Å²) >= 11 is 3.46. The molecule has 0 aliphatic carbocycles. The van der Waals surface area contributed by atoms with Gasteiger partial charge >= 0.3 is 23.9 Å². The molecule has 2 aromatic rings. The third kappa shape index (κ3) is 14.0. The summed E-state index contributed by atoms with van der Waals surface area (Å²) in [6, 6.07) is 15.7. The van der Waals surface area contributed by atoms with Crippen molar-refractivity contribution in [2.45, 2.75) is 98.4 Å². The van der Waals surface area contributed by atoms with Crippen LogP contribution in [0.5, 0.6) is 0 Å². The van der Waals surface area contributed by atoms with Gasteiger partial charge in [0, 0.05) is 44.0 Å². The van der Waals surface area contributed by atoms with E-state index < -0.39 is 18.3 Å². The van der Waals surface area contributed by atoms with Crippen LogP contribution in [0.2, 0.25) is 0 Å². The molecule has 4 rings (SSSR count). The van der Waals surface area contributed by atoms with Gasteiger partial charge in [-0.05, 0) is 47.1 Å². The Balaban J connectivity index is 0.000000502. The molecular weight excluding hydrogens is 962 g/mol. The first kappa shape index (κ1) is 47.9. The van der Waals surface area contributed by atoms with Crippen molar-refractivity contribution >= 4 is 87.8 Å². The van der Waals surface area contributed by atoms with Gasteiger partial charge < -0.3 is 28.4 Å². The number of hydrogen-bond donors (Lipinski definition) is 0. The monoisotopic (exact) mass is 1010 g/mol. The van der Waals surface area contributed by atoms with Gasteiger partial charge in [0.15, 0.2) is 0 Å². The molecule has 13 heteroatoms. The maximum atomic E-state index is 11.6. The molecular formula is C39H53BrI2O10. The van der Waals surface area contributed by atoms with Crippen LogP contribution >= 0.6 is 63.9 Å². The van der Waals surface area contributed by atoms with Gasteiger partial charge in [0.1, 0.15) is 37.6 Å². The Hall–Kier alpha value is -2.08. The number of hydrogen-bond acceptors (Lipinski definition) is 10. The van der Waals surface area contributed by atoms with Crippen LogP contribution in [0.25, 0.3) is 0 Å². The number of benzene rings is 2. The predicted octanol–water partition coefficient (Wildman–Crippen LogP) is 8.51. The van der Waals surface area contributed by atoms with E-state index in [1.54, 1.807) is 0 Å². The van der Waals surface area contributed by atoms with Crippen molar-refractivity contribution in [2.75, 3.05) is 13.2 Å². The summed E-state index contributed by atoms with van der Waals surface area (Å²) < 4.78 is 34.9. The quantitative estimate of drug-likeness (QED) is 0.0991. The first-order chi connectivity index (χ1) is 23.6. The summed E-state index contributed by atoms with van der Waals surface area (Å²) in [6.45, 7) is 17.9. The fraction of sp³-hybridized carbons (Fsp3) is 0.538. The molecule has 2 aromatic carbocycles. The molecule has 0 bridgehead atoms. The maximum absolute atomic E-state index is 11.6. The minimum absolute atomic E-state index is 0. The third-order valence-electron chi connectivity index (χ3n) is 9.45. The van der Waals surface area contributed by atoms with Gasteiger partial charge in [-0.25, -0.2) is 0 Å². The van der Waals surface area contributed by atoms with Crippen molar-refractivity contribution in [3.8, 4) is 0 Å². The number of allylic oxidation sites excluding steroid dienone is 1. The molecule has 0 unspecified atom stereocenters. The second-order valence-electron chi connectivity index (χ2n) is 13.2. The summed E-state index contributed by atoms with van der Waals surface area (Å²) in [5.41, 5.74) is 2.98. The molecule has 10 nitrogen and oxygen atoms in total. The van der Waals surface area contributed by atoms with Crippen molar-refractivity contribution in [3.05, 3.63) is 82.3 Å². The standard InChI is InChI=1S/C21H28O5.C18H23BrO5.2HI/c1-6-8-17-9-7-10-18(11-17)21-20(25-16(5)23)14(3)13(2)19(26-21)12-24-15(4)22;1-10-11(2)17(23-13(4)21)18(14-6-5-7-15(19)8-14)24-16(10)9-22-12(3)20;;/h6-7,9-11,13-14,19-21H,1,8,12H2,2-5H3;5-8,10-11,16-18H,9H2,1-4H3;2*1H/t13-,14-,19+,20-,21+;10-,11-,16+,17-,18+;;/m00../s1. The molecule has 2 aliphatic heterocycles. The average Bonchev–Trinajstić information content (AvgIpc) is 3.05. The highest BCUT2D eigenvalue weighted by molar-refractivity contribution is 14.0. The highest BCUT2D eigenvalue weighted by Gasteiger charge is 2.45. The average molecular weight is 1020 g/mol. The van der Waals surface area contributed by atoms with Gasteiger partial charge in [-0.3, -0.25) is 19.2 Å². The molecule has 0 saturated carbocycles. The Kier molecular flexibility index (Phi) is 21.2. The number of ether oxygens (including phenoxy) is 6. The zero-order valence-corrected chi connectivity index (χ0v) is 37.3. The second kappa shape index (κ2) is 23.0. The van der Waals surface area contributed by atoms with Gasteiger partial charge in [-0.15, -0.1) is 54.5 Å². The first-order valence-electron chi connectivity index (χ1n) is 17.0. The molecule has 290 valence electrons. The van der Waals surface area contributed by atoms with E-state index >= 15 is 0 Å². The van der Waals surface area contributed by atoms with Gasteiger partial charge in [0.25, 0.3) is 0 Å². The second-order valence-corrected chi connectivity index (χ2v) is 14.1. The smallest absolute Gasteiger partial charge is 0.303 e. The van der Waals surface area contributed by atoms with Crippen LogP contribution in [0.1, 0.15) is 84.3 Å². The Morgan fingerprint density at radius 3 is 1.48 bits per heavy atom. The van der Waals surface area contributed by atoms with E-state index in [-0.39, 0.29) is 127 Å². The lowest BCUT2D eigenvalue weighted by molar-refractivity contribution is -0.206. The van der Waals surface area contributed by atoms with Crippen molar-refractivity contribution in [3.63, 3.8) is 0 Å². The van der Waals surface area contributed by atoms with Crippen LogP contribution in [0.3, 0.4) is 0 Å². The molecule has 2 fully saturated rings. The largest absolute Gasteiger partial charge is 0.463 e. The number of halogens is 3. The molecule has 0 N–H and O–H groups in total. The summed E-state index contributed by atoms with van der Waals surface area (Å²) in [6.07, 6.45) is 0.498. The number of esters is 4. The van der Waals surface area contributed by atoms with Gasteiger partial charge in [0.2, 0.25) is 0 Å². The Morgan fingerprint density at radius 1 is 0.673 bits per heavy atom. The van der Waals surface area contributed by atoms with E-state index in [1.165, 1.54) is 27.7 Å². The molecule has 10 atom stereocenters. The van der Waals surface area contributed by atoms with Crippen LogP contribution < -0.4 is 0 Å². The third-order valence-corrected chi connectivity index (χ3v) is 9.94. The molecule has 2 heterocycles. The van der Waals surface area contributed by atoms with E-state index in [1.807, 2.05) is 76.2 Å². The lowest BCUT2D eigenvalue weighted by Gasteiger charge is -2.44. The molecule has 0 aromatic heterocycles. The lowest BCUT2D eigenvalue weighted by atomic mass is 9.79.